The quantitative estimate of drug-likeness (QED) is 0.321. The first-order valence-corrected chi connectivity index (χ1v) is 11.2. The van der Waals surface area contributed by atoms with Gasteiger partial charge in [-0.1, -0.05) is 109 Å². The molecule has 0 saturated carbocycles. The van der Waals surface area contributed by atoms with Crippen LogP contribution in [0.5, 0.6) is 0 Å². The Morgan fingerprint density at radius 1 is 0.765 bits per heavy atom. The molecule has 1 heterocycles. The Morgan fingerprint density at radius 3 is 2.26 bits per heavy atom. The summed E-state index contributed by atoms with van der Waals surface area (Å²) in [5.74, 6) is 0.309. The fourth-order valence-corrected chi connectivity index (χ4v) is 3.81. The van der Waals surface area contributed by atoms with Crippen LogP contribution in [-0.4, -0.2) is 15.9 Å². The summed E-state index contributed by atoms with van der Waals surface area (Å²) in [5.41, 5.74) is 4.32. The van der Waals surface area contributed by atoms with Gasteiger partial charge in [0.15, 0.2) is 5.82 Å². The lowest BCUT2D eigenvalue weighted by Crippen LogP contribution is -2.16. The second kappa shape index (κ2) is 9.92. The number of nitrogens with zero attached hydrogens (tertiary/aromatic N) is 2. The summed E-state index contributed by atoms with van der Waals surface area (Å²) >= 11 is 0. The van der Waals surface area contributed by atoms with Crippen molar-refractivity contribution in [2.45, 2.75) is 6.42 Å². The molecule has 1 amide bonds. The molecule has 0 aliphatic rings. The number of hydrogen-bond donors (Lipinski definition) is 1. The minimum atomic E-state index is -0.133. The van der Waals surface area contributed by atoms with Crippen LogP contribution >= 0.6 is 0 Å². The maximum absolute atomic E-state index is 12.9. The standard InChI is InChI=1S/C30H23N3O/c34-29(20-23-15-17-24-11-7-8-14-26(24)19-23)33-30-27(18-16-22-9-3-1-4-10-22)32-28(21-31-30)25-12-5-2-6-13-25/h1-19,21H,20H2,(H,31,33,34). The smallest absolute Gasteiger partial charge is 0.230 e. The van der Waals surface area contributed by atoms with E-state index in [1.807, 2.05) is 97.1 Å². The Hall–Kier alpha value is -4.57. The summed E-state index contributed by atoms with van der Waals surface area (Å²) in [6, 6.07) is 34.1. The molecule has 0 unspecified atom stereocenters. The van der Waals surface area contributed by atoms with Crippen molar-refractivity contribution < 1.29 is 4.79 Å². The predicted molar refractivity (Wildman–Crippen MR) is 139 cm³/mol. The zero-order valence-electron chi connectivity index (χ0n) is 18.6. The molecule has 4 aromatic carbocycles. The summed E-state index contributed by atoms with van der Waals surface area (Å²) in [6.45, 7) is 0. The average Bonchev–Trinajstić information content (AvgIpc) is 2.89. The molecule has 0 bridgehead atoms. The molecule has 0 atom stereocenters. The molecule has 0 aliphatic carbocycles. The lowest BCUT2D eigenvalue weighted by Gasteiger charge is -2.10. The van der Waals surface area contributed by atoms with Crippen LogP contribution in [0.1, 0.15) is 16.8 Å². The molecule has 1 N–H and O–H groups in total. The Balaban J connectivity index is 1.41. The molecule has 0 saturated heterocycles. The number of aromatic nitrogens is 2. The van der Waals surface area contributed by atoms with Gasteiger partial charge in [0.05, 0.1) is 18.3 Å². The zero-order chi connectivity index (χ0) is 23.2. The van der Waals surface area contributed by atoms with Gasteiger partial charge in [0.1, 0.15) is 5.69 Å². The number of rotatable bonds is 6. The predicted octanol–water partition coefficient (Wildman–Crippen LogP) is 6.65. The van der Waals surface area contributed by atoms with Crippen molar-refractivity contribution in [2.75, 3.05) is 5.32 Å². The van der Waals surface area contributed by atoms with Crippen molar-refractivity contribution >= 4 is 34.6 Å². The number of carbonyl (C=O) groups excluding carboxylic acids is 1. The van der Waals surface area contributed by atoms with Gasteiger partial charge in [-0.3, -0.25) is 4.79 Å². The van der Waals surface area contributed by atoms with Crippen LogP contribution in [0.3, 0.4) is 0 Å². The van der Waals surface area contributed by atoms with E-state index in [4.69, 9.17) is 4.98 Å². The Morgan fingerprint density at radius 2 is 1.47 bits per heavy atom. The maximum atomic E-state index is 12.9. The highest BCUT2D eigenvalue weighted by atomic mass is 16.1. The molecular weight excluding hydrogens is 418 g/mol. The first kappa shape index (κ1) is 21.3. The lowest BCUT2D eigenvalue weighted by atomic mass is 10.0. The van der Waals surface area contributed by atoms with Gasteiger partial charge >= 0.3 is 0 Å². The number of fused-ring (bicyclic) bond motifs is 1. The normalized spacial score (nSPS) is 11.1. The summed E-state index contributed by atoms with van der Waals surface area (Å²) in [6.07, 6.45) is 5.81. The van der Waals surface area contributed by atoms with Crippen LogP contribution in [0.2, 0.25) is 0 Å². The average molecular weight is 442 g/mol. The molecule has 4 heteroatoms. The molecule has 34 heavy (non-hydrogen) atoms. The van der Waals surface area contributed by atoms with Crippen LogP contribution in [0.25, 0.3) is 34.2 Å². The van der Waals surface area contributed by atoms with E-state index >= 15 is 0 Å². The zero-order valence-corrected chi connectivity index (χ0v) is 18.6. The van der Waals surface area contributed by atoms with E-state index in [1.54, 1.807) is 6.20 Å². The van der Waals surface area contributed by atoms with E-state index in [0.29, 0.717) is 11.5 Å². The Bertz CT molecular complexity index is 1460. The molecule has 0 fully saturated rings. The first-order valence-electron chi connectivity index (χ1n) is 11.2. The van der Waals surface area contributed by atoms with E-state index < -0.39 is 0 Å². The van der Waals surface area contributed by atoms with Crippen molar-refractivity contribution in [3.8, 4) is 11.3 Å². The van der Waals surface area contributed by atoms with E-state index in [-0.39, 0.29) is 12.3 Å². The van der Waals surface area contributed by atoms with Gasteiger partial charge in [0, 0.05) is 5.56 Å². The van der Waals surface area contributed by atoms with Gasteiger partial charge in [0.2, 0.25) is 5.91 Å². The fourth-order valence-electron chi connectivity index (χ4n) is 3.81. The molecule has 0 aliphatic heterocycles. The van der Waals surface area contributed by atoms with Gasteiger partial charge in [-0.25, -0.2) is 9.97 Å². The molecule has 1 aromatic heterocycles. The maximum Gasteiger partial charge on any atom is 0.230 e. The Labute approximate surface area is 198 Å². The molecule has 4 nitrogen and oxygen atoms in total. The van der Waals surface area contributed by atoms with Gasteiger partial charge in [-0.15, -0.1) is 0 Å². The van der Waals surface area contributed by atoms with Gasteiger partial charge in [-0.05, 0) is 28.0 Å². The van der Waals surface area contributed by atoms with Crippen molar-refractivity contribution in [1.82, 2.24) is 9.97 Å². The minimum Gasteiger partial charge on any atom is -0.309 e. The summed E-state index contributed by atoms with van der Waals surface area (Å²) in [7, 11) is 0. The van der Waals surface area contributed by atoms with E-state index in [9.17, 15) is 4.79 Å². The monoisotopic (exact) mass is 441 g/mol. The van der Waals surface area contributed by atoms with E-state index in [2.05, 4.69) is 28.5 Å². The van der Waals surface area contributed by atoms with Crippen LogP contribution < -0.4 is 5.32 Å². The van der Waals surface area contributed by atoms with Crippen LogP contribution in [0, 0.1) is 0 Å². The van der Waals surface area contributed by atoms with Crippen molar-refractivity contribution in [2.24, 2.45) is 0 Å². The lowest BCUT2D eigenvalue weighted by molar-refractivity contribution is -0.115. The SMILES string of the molecule is O=C(Cc1ccc2ccccc2c1)Nc1ncc(-c2ccccc2)nc1C=Cc1ccccc1. The number of amides is 1. The highest BCUT2D eigenvalue weighted by molar-refractivity contribution is 5.94. The molecule has 164 valence electrons. The molecular formula is C30H23N3O. The summed E-state index contributed by atoms with van der Waals surface area (Å²) in [4.78, 5) is 22.2. The van der Waals surface area contributed by atoms with Crippen molar-refractivity contribution in [3.63, 3.8) is 0 Å². The van der Waals surface area contributed by atoms with Gasteiger partial charge in [-0.2, -0.15) is 0 Å². The van der Waals surface area contributed by atoms with Crippen LogP contribution in [0.15, 0.2) is 109 Å². The molecule has 0 radical (unpaired) electrons. The second-order valence-corrected chi connectivity index (χ2v) is 8.01. The molecule has 5 aromatic rings. The van der Waals surface area contributed by atoms with E-state index in [1.165, 1.54) is 0 Å². The topological polar surface area (TPSA) is 54.9 Å². The fraction of sp³-hybridized carbons (Fsp3) is 0.0333. The van der Waals surface area contributed by atoms with Gasteiger partial charge < -0.3 is 5.32 Å². The molecule has 5 rings (SSSR count). The largest absolute Gasteiger partial charge is 0.309 e. The third-order valence-corrected chi connectivity index (χ3v) is 5.54. The number of benzene rings is 4. The first-order chi connectivity index (χ1) is 16.7. The number of hydrogen-bond acceptors (Lipinski definition) is 3. The highest BCUT2D eigenvalue weighted by Gasteiger charge is 2.11. The summed E-state index contributed by atoms with van der Waals surface area (Å²) in [5, 5.41) is 5.23. The third kappa shape index (κ3) is 5.08. The van der Waals surface area contributed by atoms with Crippen LogP contribution in [0.4, 0.5) is 5.82 Å². The number of anilines is 1. The van der Waals surface area contributed by atoms with Gasteiger partial charge in [0.25, 0.3) is 0 Å². The van der Waals surface area contributed by atoms with E-state index in [0.717, 1.165) is 33.2 Å². The highest BCUT2D eigenvalue weighted by Crippen LogP contribution is 2.22. The third-order valence-electron chi connectivity index (χ3n) is 5.54. The summed E-state index contributed by atoms with van der Waals surface area (Å²) < 4.78 is 0. The number of nitrogens with one attached hydrogen (secondary N) is 1. The molecule has 0 spiro atoms. The van der Waals surface area contributed by atoms with Crippen molar-refractivity contribution in [1.29, 1.82) is 0 Å². The van der Waals surface area contributed by atoms with Crippen LogP contribution in [-0.2, 0) is 11.2 Å². The number of carbonyl (C=O) groups is 1. The second-order valence-electron chi connectivity index (χ2n) is 8.01. The Kier molecular flexibility index (Phi) is 6.21. The van der Waals surface area contributed by atoms with Crippen molar-refractivity contribution in [3.05, 3.63) is 126 Å². The minimum absolute atomic E-state index is 0.133.